The molecule has 4 rings (SSSR count). The third kappa shape index (κ3) is 9.21. The van der Waals surface area contributed by atoms with Gasteiger partial charge in [-0.15, -0.1) is 0 Å². The number of aliphatic hydroxyl groups excluding tert-OH is 1. The standard InChI is InChI=1S/C34H28F2O5/c1-39-34-20-25(10-19-33(34)41-23-27-4-13-29(36)14-5-27)7-16-31(38)21-30(37)15-6-24-8-17-32(18-9-24)40-22-26-2-11-28(35)12-3-26/h2-21,38H,22-23H2,1H3/b15-6+,16-7+,31-21?. The quantitative estimate of drug-likeness (QED) is 0.110. The summed E-state index contributed by atoms with van der Waals surface area (Å²) >= 11 is 0. The van der Waals surface area contributed by atoms with Gasteiger partial charge in [0.25, 0.3) is 0 Å². The van der Waals surface area contributed by atoms with Crippen molar-refractivity contribution in [2.75, 3.05) is 7.11 Å². The Morgan fingerprint density at radius 1 is 0.707 bits per heavy atom. The number of ether oxygens (including phenoxy) is 3. The summed E-state index contributed by atoms with van der Waals surface area (Å²) in [7, 11) is 1.52. The number of benzene rings is 4. The van der Waals surface area contributed by atoms with Gasteiger partial charge in [-0.25, -0.2) is 8.78 Å². The Labute approximate surface area is 237 Å². The molecule has 5 nitrogen and oxygen atoms in total. The first-order chi connectivity index (χ1) is 19.9. The molecule has 0 saturated carbocycles. The van der Waals surface area contributed by atoms with Gasteiger partial charge in [-0.2, -0.15) is 0 Å². The van der Waals surface area contributed by atoms with Gasteiger partial charge in [0.1, 0.15) is 36.4 Å². The number of hydrogen-bond donors (Lipinski definition) is 1. The van der Waals surface area contributed by atoms with Gasteiger partial charge < -0.3 is 19.3 Å². The minimum Gasteiger partial charge on any atom is -0.508 e. The summed E-state index contributed by atoms with van der Waals surface area (Å²) < 4.78 is 43.0. The number of carbonyl (C=O) groups excluding carboxylic acids is 1. The van der Waals surface area contributed by atoms with Crippen LogP contribution in [0.3, 0.4) is 0 Å². The fraction of sp³-hybridized carbons (Fsp3) is 0.0882. The highest BCUT2D eigenvalue weighted by atomic mass is 19.1. The Morgan fingerprint density at radius 2 is 1.27 bits per heavy atom. The van der Waals surface area contributed by atoms with Crippen molar-refractivity contribution in [2.24, 2.45) is 0 Å². The van der Waals surface area contributed by atoms with Crippen LogP contribution in [0.5, 0.6) is 17.2 Å². The van der Waals surface area contributed by atoms with Gasteiger partial charge in [0, 0.05) is 6.08 Å². The van der Waals surface area contributed by atoms with Crippen molar-refractivity contribution in [1.82, 2.24) is 0 Å². The maximum atomic E-state index is 13.1. The summed E-state index contributed by atoms with van der Waals surface area (Å²) in [6, 6.07) is 24.5. The number of carbonyl (C=O) groups is 1. The molecule has 0 aromatic heterocycles. The predicted octanol–water partition coefficient (Wildman–Crippen LogP) is 7.87. The molecule has 0 fully saturated rings. The molecular formula is C34H28F2O5. The Kier molecular flexibility index (Phi) is 10.0. The van der Waals surface area contributed by atoms with E-state index in [0.717, 1.165) is 28.3 Å². The molecule has 0 saturated heterocycles. The normalized spacial score (nSPS) is 11.6. The molecule has 0 heterocycles. The molecule has 41 heavy (non-hydrogen) atoms. The van der Waals surface area contributed by atoms with Crippen LogP contribution < -0.4 is 14.2 Å². The molecule has 0 spiro atoms. The van der Waals surface area contributed by atoms with Crippen molar-refractivity contribution in [3.63, 3.8) is 0 Å². The Balaban J connectivity index is 1.28. The van der Waals surface area contributed by atoms with Gasteiger partial charge in [0.05, 0.1) is 7.11 Å². The van der Waals surface area contributed by atoms with E-state index >= 15 is 0 Å². The minimum atomic E-state index is -0.383. The second-order valence-corrected chi connectivity index (χ2v) is 8.95. The van der Waals surface area contributed by atoms with Crippen molar-refractivity contribution in [2.45, 2.75) is 13.2 Å². The van der Waals surface area contributed by atoms with E-state index in [4.69, 9.17) is 14.2 Å². The molecule has 0 unspecified atom stereocenters. The minimum absolute atomic E-state index is 0.209. The average Bonchev–Trinajstić information content (AvgIpc) is 2.99. The van der Waals surface area contributed by atoms with Crippen molar-refractivity contribution in [1.29, 1.82) is 0 Å². The van der Waals surface area contributed by atoms with Crippen LogP contribution >= 0.6 is 0 Å². The van der Waals surface area contributed by atoms with Gasteiger partial charge in [-0.05, 0) is 82.9 Å². The van der Waals surface area contributed by atoms with E-state index in [9.17, 15) is 18.7 Å². The highest BCUT2D eigenvalue weighted by molar-refractivity contribution is 6.02. The third-order valence-electron chi connectivity index (χ3n) is 5.87. The summed E-state index contributed by atoms with van der Waals surface area (Å²) in [6.07, 6.45) is 7.15. The molecule has 0 amide bonds. The summed E-state index contributed by atoms with van der Waals surface area (Å²) in [5, 5.41) is 10.2. The monoisotopic (exact) mass is 554 g/mol. The van der Waals surface area contributed by atoms with Crippen LogP contribution in [0.2, 0.25) is 0 Å². The first kappa shape index (κ1) is 28.8. The molecule has 4 aromatic carbocycles. The zero-order chi connectivity index (χ0) is 29.0. The van der Waals surface area contributed by atoms with Crippen molar-refractivity contribution in [3.8, 4) is 17.2 Å². The van der Waals surface area contributed by atoms with Gasteiger partial charge in [0.15, 0.2) is 17.3 Å². The van der Waals surface area contributed by atoms with Crippen molar-refractivity contribution < 1.29 is 32.9 Å². The molecule has 0 atom stereocenters. The molecule has 208 valence electrons. The van der Waals surface area contributed by atoms with Crippen molar-refractivity contribution in [3.05, 3.63) is 149 Å². The van der Waals surface area contributed by atoms with Crippen LogP contribution in [0.25, 0.3) is 12.2 Å². The largest absolute Gasteiger partial charge is 0.508 e. The van der Waals surface area contributed by atoms with Crippen LogP contribution in [-0.2, 0) is 18.0 Å². The fourth-order valence-corrected chi connectivity index (χ4v) is 3.67. The number of aliphatic hydroxyl groups is 1. The molecule has 0 aliphatic carbocycles. The maximum Gasteiger partial charge on any atom is 0.182 e. The van der Waals surface area contributed by atoms with E-state index in [1.165, 1.54) is 43.5 Å². The molecule has 0 bridgehead atoms. The van der Waals surface area contributed by atoms with E-state index in [1.54, 1.807) is 78.9 Å². The van der Waals surface area contributed by atoms with Crippen LogP contribution in [0, 0.1) is 11.6 Å². The van der Waals surface area contributed by atoms with Crippen LogP contribution in [-0.4, -0.2) is 18.0 Å². The second-order valence-electron chi connectivity index (χ2n) is 8.95. The zero-order valence-corrected chi connectivity index (χ0v) is 22.3. The van der Waals surface area contributed by atoms with E-state index in [2.05, 4.69) is 0 Å². The van der Waals surface area contributed by atoms with Crippen molar-refractivity contribution >= 4 is 17.9 Å². The average molecular weight is 555 g/mol. The smallest absolute Gasteiger partial charge is 0.182 e. The molecule has 0 aliphatic rings. The van der Waals surface area contributed by atoms with E-state index in [0.29, 0.717) is 23.9 Å². The summed E-state index contributed by atoms with van der Waals surface area (Å²) in [5.74, 6) is 0.451. The third-order valence-corrected chi connectivity index (χ3v) is 5.87. The lowest BCUT2D eigenvalue weighted by Crippen LogP contribution is -1.98. The highest BCUT2D eigenvalue weighted by Gasteiger charge is 2.06. The predicted molar refractivity (Wildman–Crippen MR) is 155 cm³/mol. The van der Waals surface area contributed by atoms with Gasteiger partial charge in [-0.1, -0.05) is 54.6 Å². The molecular weight excluding hydrogens is 526 g/mol. The Morgan fingerprint density at radius 3 is 1.88 bits per heavy atom. The lowest BCUT2D eigenvalue weighted by atomic mass is 10.1. The number of halogens is 2. The van der Waals surface area contributed by atoms with Crippen LogP contribution in [0.15, 0.2) is 115 Å². The molecule has 4 aromatic rings. The fourth-order valence-electron chi connectivity index (χ4n) is 3.67. The van der Waals surface area contributed by atoms with Crippen LogP contribution in [0.1, 0.15) is 22.3 Å². The molecule has 0 radical (unpaired) electrons. The van der Waals surface area contributed by atoms with Gasteiger partial charge in [-0.3, -0.25) is 4.79 Å². The summed E-state index contributed by atoms with van der Waals surface area (Å²) in [4.78, 5) is 12.3. The Bertz CT molecular complexity index is 1540. The number of allylic oxidation sites excluding steroid dienone is 3. The second kappa shape index (κ2) is 14.3. The molecule has 0 aliphatic heterocycles. The first-order valence-electron chi connectivity index (χ1n) is 12.7. The van der Waals surface area contributed by atoms with E-state index in [-0.39, 0.29) is 29.8 Å². The highest BCUT2D eigenvalue weighted by Crippen LogP contribution is 2.29. The van der Waals surface area contributed by atoms with Gasteiger partial charge >= 0.3 is 0 Å². The Hall–Kier alpha value is -5.17. The first-order valence-corrected chi connectivity index (χ1v) is 12.7. The topological polar surface area (TPSA) is 65.0 Å². The lowest BCUT2D eigenvalue weighted by molar-refractivity contribution is -0.110. The zero-order valence-electron chi connectivity index (χ0n) is 22.3. The molecule has 1 N–H and O–H groups in total. The summed E-state index contributed by atoms with van der Waals surface area (Å²) in [6.45, 7) is 0.564. The SMILES string of the molecule is COc1cc(/C=C/C(O)=CC(=O)/C=C/c2ccc(OCc3ccc(F)cc3)cc2)ccc1OCc1ccc(F)cc1. The van der Waals surface area contributed by atoms with E-state index < -0.39 is 0 Å². The van der Waals surface area contributed by atoms with Crippen LogP contribution in [0.4, 0.5) is 8.78 Å². The summed E-state index contributed by atoms with van der Waals surface area (Å²) in [5.41, 5.74) is 3.17. The van der Waals surface area contributed by atoms with Gasteiger partial charge in [0.2, 0.25) is 0 Å². The lowest BCUT2D eigenvalue weighted by Gasteiger charge is -2.11. The molecule has 7 heteroatoms. The number of hydrogen-bond acceptors (Lipinski definition) is 5. The number of rotatable bonds is 12. The maximum absolute atomic E-state index is 13.1. The van der Waals surface area contributed by atoms with E-state index in [1.807, 2.05) is 0 Å². The number of methoxy groups -OCH3 is 1. The number of ketones is 1.